The van der Waals surface area contributed by atoms with Crippen molar-refractivity contribution in [1.29, 1.82) is 0 Å². The van der Waals surface area contributed by atoms with Crippen LogP contribution in [0.1, 0.15) is 30.4 Å². The van der Waals surface area contributed by atoms with E-state index >= 15 is 0 Å². The van der Waals surface area contributed by atoms with Crippen molar-refractivity contribution in [3.8, 4) is 0 Å². The Labute approximate surface area is 111 Å². The van der Waals surface area contributed by atoms with Crippen molar-refractivity contribution >= 4 is 11.6 Å². The molecule has 2 rings (SSSR count). The molecule has 2 aromatic heterocycles. The molecule has 0 radical (unpaired) electrons. The van der Waals surface area contributed by atoms with Gasteiger partial charge in [0, 0.05) is 18.8 Å². The van der Waals surface area contributed by atoms with Crippen molar-refractivity contribution in [1.82, 2.24) is 10.3 Å². The first-order chi connectivity index (χ1) is 8.66. The van der Waals surface area contributed by atoms with Crippen LogP contribution in [-0.4, -0.2) is 16.6 Å². The standard InChI is InChI=1S/C13H15ClN2O2/c1-9(10-4-5-15-13(14)7-10)16-8-11(17)12-3-2-6-18-12/h2-7,9,11,16-17H,8H2,1H3. The van der Waals surface area contributed by atoms with Crippen molar-refractivity contribution in [2.75, 3.05) is 6.54 Å². The monoisotopic (exact) mass is 266 g/mol. The van der Waals surface area contributed by atoms with E-state index in [-0.39, 0.29) is 6.04 Å². The second kappa shape index (κ2) is 6.00. The largest absolute Gasteiger partial charge is 0.467 e. The minimum atomic E-state index is -0.653. The molecule has 0 aliphatic carbocycles. The van der Waals surface area contributed by atoms with Crippen LogP contribution in [0.15, 0.2) is 41.1 Å². The molecule has 2 atom stereocenters. The molecule has 2 unspecified atom stereocenters. The van der Waals surface area contributed by atoms with E-state index in [2.05, 4.69) is 10.3 Å². The first-order valence-corrected chi connectivity index (χ1v) is 6.11. The number of hydrogen-bond donors (Lipinski definition) is 2. The molecule has 96 valence electrons. The summed E-state index contributed by atoms with van der Waals surface area (Å²) < 4.78 is 5.13. The number of pyridine rings is 1. The van der Waals surface area contributed by atoms with Gasteiger partial charge in [-0.1, -0.05) is 11.6 Å². The van der Waals surface area contributed by atoms with Gasteiger partial charge in [0.15, 0.2) is 0 Å². The van der Waals surface area contributed by atoms with Gasteiger partial charge in [-0.15, -0.1) is 0 Å². The van der Waals surface area contributed by atoms with Gasteiger partial charge in [0.1, 0.15) is 17.0 Å². The number of nitrogens with one attached hydrogen (secondary N) is 1. The first-order valence-electron chi connectivity index (χ1n) is 5.73. The van der Waals surface area contributed by atoms with E-state index in [4.69, 9.17) is 16.0 Å². The summed E-state index contributed by atoms with van der Waals surface area (Å²) in [4.78, 5) is 3.93. The summed E-state index contributed by atoms with van der Waals surface area (Å²) in [5, 5.41) is 13.5. The summed E-state index contributed by atoms with van der Waals surface area (Å²) in [5.41, 5.74) is 1.03. The number of rotatable bonds is 5. The Bertz CT molecular complexity index is 487. The smallest absolute Gasteiger partial charge is 0.133 e. The summed E-state index contributed by atoms with van der Waals surface area (Å²) >= 11 is 5.83. The molecule has 0 spiro atoms. The van der Waals surface area contributed by atoms with Gasteiger partial charge in [-0.3, -0.25) is 0 Å². The minimum Gasteiger partial charge on any atom is -0.467 e. The number of hydrogen-bond acceptors (Lipinski definition) is 4. The number of aliphatic hydroxyl groups excluding tert-OH is 1. The molecule has 5 heteroatoms. The molecule has 0 saturated heterocycles. The maximum absolute atomic E-state index is 9.87. The zero-order chi connectivity index (χ0) is 13.0. The highest BCUT2D eigenvalue weighted by molar-refractivity contribution is 6.29. The average molecular weight is 267 g/mol. The molecule has 0 aromatic carbocycles. The van der Waals surface area contributed by atoms with Crippen LogP contribution >= 0.6 is 11.6 Å². The van der Waals surface area contributed by atoms with Gasteiger partial charge in [-0.25, -0.2) is 4.98 Å². The van der Waals surface area contributed by atoms with Gasteiger partial charge in [0.05, 0.1) is 6.26 Å². The van der Waals surface area contributed by atoms with Crippen molar-refractivity contribution < 1.29 is 9.52 Å². The lowest BCUT2D eigenvalue weighted by Crippen LogP contribution is -2.24. The third-order valence-electron chi connectivity index (χ3n) is 2.74. The number of aromatic nitrogens is 1. The fourth-order valence-electron chi connectivity index (χ4n) is 1.67. The van der Waals surface area contributed by atoms with Crippen LogP contribution in [0.4, 0.5) is 0 Å². The van der Waals surface area contributed by atoms with Gasteiger partial charge in [-0.2, -0.15) is 0 Å². The molecular weight excluding hydrogens is 252 g/mol. The van der Waals surface area contributed by atoms with E-state index in [0.717, 1.165) is 5.56 Å². The molecule has 2 heterocycles. The Morgan fingerprint density at radius 3 is 3.00 bits per heavy atom. The van der Waals surface area contributed by atoms with Crippen LogP contribution in [-0.2, 0) is 0 Å². The van der Waals surface area contributed by atoms with E-state index in [0.29, 0.717) is 17.5 Å². The van der Waals surface area contributed by atoms with E-state index in [1.807, 2.05) is 13.0 Å². The van der Waals surface area contributed by atoms with Crippen molar-refractivity contribution in [3.63, 3.8) is 0 Å². The zero-order valence-corrected chi connectivity index (χ0v) is 10.8. The maximum Gasteiger partial charge on any atom is 0.133 e. The van der Waals surface area contributed by atoms with Crippen molar-refractivity contribution in [3.05, 3.63) is 53.2 Å². The van der Waals surface area contributed by atoms with Gasteiger partial charge >= 0.3 is 0 Å². The lowest BCUT2D eigenvalue weighted by molar-refractivity contribution is 0.144. The topological polar surface area (TPSA) is 58.3 Å². The Morgan fingerprint density at radius 2 is 2.33 bits per heavy atom. The third-order valence-corrected chi connectivity index (χ3v) is 2.95. The van der Waals surface area contributed by atoms with Gasteiger partial charge in [-0.05, 0) is 36.8 Å². The van der Waals surface area contributed by atoms with Gasteiger partial charge in [0.25, 0.3) is 0 Å². The second-order valence-corrected chi connectivity index (χ2v) is 4.46. The molecule has 2 aromatic rings. The zero-order valence-electron chi connectivity index (χ0n) is 10.0. The van der Waals surface area contributed by atoms with Crippen LogP contribution in [0.3, 0.4) is 0 Å². The summed E-state index contributed by atoms with van der Waals surface area (Å²) in [5.74, 6) is 0.558. The van der Waals surface area contributed by atoms with E-state index < -0.39 is 6.10 Å². The molecule has 18 heavy (non-hydrogen) atoms. The third kappa shape index (κ3) is 3.32. The van der Waals surface area contributed by atoms with Crippen molar-refractivity contribution in [2.24, 2.45) is 0 Å². The molecule has 0 fully saturated rings. The lowest BCUT2D eigenvalue weighted by atomic mass is 10.1. The average Bonchev–Trinajstić information content (AvgIpc) is 2.89. The molecule has 0 aliphatic heterocycles. The quantitative estimate of drug-likeness (QED) is 0.817. The Morgan fingerprint density at radius 1 is 1.50 bits per heavy atom. The number of furan rings is 1. The van der Waals surface area contributed by atoms with Crippen molar-refractivity contribution in [2.45, 2.75) is 19.1 Å². The van der Waals surface area contributed by atoms with E-state index in [1.54, 1.807) is 30.7 Å². The highest BCUT2D eigenvalue weighted by atomic mass is 35.5. The highest BCUT2D eigenvalue weighted by Gasteiger charge is 2.12. The molecule has 0 saturated carbocycles. The Kier molecular flexibility index (Phi) is 4.36. The van der Waals surface area contributed by atoms with Crippen LogP contribution in [0.2, 0.25) is 5.15 Å². The second-order valence-electron chi connectivity index (χ2n) is 4.07. The molecular formula is C13H15ClN2O2. The molecule has 4 nitrogen and oxygen atoms in total. The van der Waals surface area contributed by atoms with E-state index in [1.165, 1.54) is 0 Å². The van der Waals surface area contributed by atoms with E-state index in [9.17, 15) is 5.11 Å². The normalized spacial score (nSPS) is 14.4. The predicted molar refractivity (Wildman–Crippen MR) is 69.3 cm³/mol. The fraction of sp³-hybridized carbons (Fsp3) is 0.308. The number of aliphatic hydroxyl groups is 1. The SMILES string of the molecule is CC(NCC(O)c1ccco1)c1ccnc(Cl)c1. The van der Waals surface area contributed by atoms with Crippen LogP contribution in [0.5, 0.6) is 0 Å². The summed E-state index contributed by atoms with van der Waals surface area (Å²) in [7, 11) is 0. The molecule has 0 bridgehead atoms. The van der Waals surface area contributed by atoms with Crippen LogP contribution < -0.4 is 5.32 Å². The maximum atomic E-state index is 9.87. The van der Waals surface area contributed by atoms with Gasteiger partial charge < -0.3 is 14.8 Å². The fourth-order valence-corrected chi connectivity index (χ4v) is 1.86. The molecule has 2 N–H and O–H groups in total. The first kappa shape index (κ1) is 13.1. The molecule has 0 amide bonds. The lowest BCUT2D eigenvalue weighted by Gasteiger charge is -2.16. The van der Waals surface area contributed by atoms with Crippen LogP contribution in [0, 0.1) is 0 Å². The van der Waals surface area contributed by atoms with Gasteiger partial charge in [0.2, 0.25) is 0 Å². The summed E-state index contributed by atoms with van der Waals surface area (Å²) in [6.45, 7) is 2.41. The molecule has 0 aliphatic rings. The van der Waals surface area contributed by atoms with Crippen LogP contribution in [0.25, 0.3) is 0 Å². The number of nitrogens with zero attached hydrogens (tertiary/aromatic N) is 1. The number of halogens is 1. The Hall–Kier alpha value is -1.36. The summed E-state index contributed by atoms with van der Waals surface area (Å²) in [6, 6.07) is 7.28. The minimum absolute atomic E-state index is 0.0788. The predicted octanol–water partition coefficient (Wildman–Crippen LogP) is 2.71. The highest BCUT2D eigenvalue weighted by Crippen LogP contribution is 2.17. The Balaban J connectivity index is 1.90. The summed E-state index contributed by atoms with van der Waals surface area (Å²) in [6.07, 6.45) is 2.56.